The van der Waals surface area contributed by atoms with Gasteiger partial charge in [0.1, 0.15) is 5.25 Å². The molecule has 0 aromatic heterocycles. The zero-order valence-electron chi connectivity index (χ0n) is 13.8. The zero-order valence-corrected chi connectivity index (χ0v) is 14.6. The second kappa shape index (κ2) is 7.86. The molecule has 1 saturated heterocycles. The van der Waals surface area contributed by atoms with Crippen LogP contribution < -0.4 is 0 Å². The Labute approximate surface area is 153 Å². The van der Waals surface area contributed by atoms with E-state index in [1.165, 1.54) is 11.0 Å². The molecular weight excluding hydrogens is 360 g/mol. The quantitative estimate of drug-likeness (QED) is 0.807. The molecule has 2 atom stereocenters. The van der Waals surface area contributed by atoms with Crippen LogP contribution >= 0.6 is 11.8 Å². The van der Waals surface area contributed by atoms with E-state index in [2.05, 4.69) is 0 Å². The molecule has 0 saturated carbocycles. The van der Waals surface area contributed by atoms with E-state index < -0.39 is 28.8 Å². The molecule has 1 N–H and O–H groups in total. The molecule has 1 fully saturated rings. The maximum Gasteiger partial charge on any atom is 0.308 e. The Morgan fingerprint density at radius 2 is 1.85 bits per heavy atom. The van der Waals surface area contributed by atoms with E-state index in [-0.39, 0.29) is 12.5 Å². The Morgan fingerprint density at radius 3 is 2.46 bits per heavy atom. The summed E-state index contributed by atoms with van der Waals surface area (Å²) < 4.78 is 26.7. The zero-order chi connectivity index (χ0) is 18.7. The lowest BCUT2D eigenvalue weighted by molar-refractivity contribution is -0.141. The van der Waals surface area contributed by atoms with Gasteiger partial charge >= 0.3 is 5.97 Å². The number of rotatable bonds is 5. The minimum atomic E-state index is -0.971. The van der Waals surface area contributed by atoms with Crippen molar-refractivity contribution in [2.75, 3.05) is 13.1 Å². The first-order chi connectivity index (χ1) is 12.5. The first-order valence-corrected chi connectivity index (χ1v) is 9.02. The number of nitrogens with zero attached hydrogens (tertiary/aromatic N) is 1. The highest BCUT2D eigenvalue weighted by Gasteiger charge is 2.35. The van der Waals surface area contributed by atoms with Gasteiger partial charge in [0.05, 0.1) is 5.92 Å². The van der Waals surface area contributed by atoms with Gasteiger partial charge in [0.2, 0.25) is 5.91 Å². The Balaban J connectivity index is 1.85. The number of amides is 1. The maximum atomic E-state index is 13.5. The highest BCUT2D eigenvalue weighted by Crippen LogP contribution is 2.38. The predicted octanol–water partition coefficient (Wildman–Crippen LogP) is 3.73. The Morgan fingerprint density at radius 1 is 1.12 bits per heavy atom. The van der Waals surface area contributed by atoms with E-state index >= 15 is 0 Å². The molecule has 2 aromatic carbocycles. The van der Waals surface area contributed by atoms with Gasteiger partial charge < -0.3 is 10.0 Å². The van der Waals surface area contributed by atoms with Gasteiger partial charge in [0.25, 0.3) is 0 Å². The maximum absolute atomic E-state index is 13.5. The third-order valence-electron chi connectivity index (χ3n) is 4.32. The summed E-state index contributed by atoms with van der Waals surface area (Å²) in [6.45, 7) is 0.535. The number of hydrogen-bond donors (Lipinski definition) is 1. The van der Waals surface area contributed by atoms with Gasteiger partial charge in [-0.2, -0.15) is 0 Å². The number of likely N-dealkylation sites (tertiary alicyclic amines) is 1. The van der Waals surface area contributed by atoms with Crippen LogP contribution in [0.25, 0.3) is 0 Å². The molecule has 0 aliphatic carbocycles. The summed E-state index contributed by atoms with van der Waals surface area (Å²) in [5.74, 6) is -3.62. The number of hydrogen-bond acceptors (Lipinski definition) is 3. The normalized spacial score (nSPS) is 17.9. The molecule has 1 aliphatic heterocycles. The number of aliphatic carboxylic acids is 1. The smallest absolute Gasteiger partial charge is 0.308 e. The van der Waals surface area contributed by atoms with Crippen LogP contribution in [-0.2, 0) is 9.59 Å². The topological polar surface area (TPSA) is 57.6 Å². The van der Waals surface area contributed by atoms with E-state index in [9.17, 15) is 18.4 Å². The predicted molar refractivity (Wildman–Crippen MR) is 93.7 cm³/mol. The summed E-state index contributed by atoms with van der Waals surface area (Å²) in [4.78, 5) is 26.1. The number of benzene rings is 2. The van der Waals surface area contributed by atoms with Crippen molar-refractivity contribution < 1.29 is 23.5 Å². The van der Waals surface area contributed by atoms with Gasteiger partial charge in [0, 0.05) is 18.0 Å². The molecular formula is C19H17F2NO3S. The summed E-state index contributed by atoms with van der Waals surface area (Å²) in [5, 5.41) is 8.48. The average Bonchev–Trinajstić information content (AvgIpc) is 3.13. The van der Waals surface area contributed by atoms with Crippen molar-refractivity contribution in [1.29, 1.82) is 0 Å². The molecule has 1 amide bonds. The third kappa shape index (κ3) is 4.04. The molecule has 0 spiro atoms. The van der Waals surface area contributed by atoms with Crippen molar-refractivity contribution in [2.24, 2.45) is 5.92 Å². The highest BCUT2D eigenvalue weighted by atomic mass is 32.2. The molecule has 7 heteroatoms. The van der Waals surface area contributed by atoms with Gasteiger partial charge in [0.15, 0.2) is 11.6 Å². The van der Waals surface area contributed by atoms with Crippen LogP contribution in [0.3, 0.4) is 0 Å². The van der Waals surface area contributed by atoms with E-state index in [0.717, 1.165) is 29.5 Å². The van der Waals surface area contributed by atoms with Crippen LogP contribution in [-0.4, -0.2) is 35.0 Å². The first kappa shape index (κ1) is 18.4. The molecule has 2 unspecified atom stereocenters. The number of thioether (sulfide) groups is 1. The standard InChI is InChI=1S/C19H17F2NO3S/c20-15-7-6-14(10-16(15)21)26-17(12-4-2-1-3-5-12)18(23)22-9-8-13(11-22)19(24)25/h1-7,10,13,17H,8-9,11H2,(H,24,25). The van der Waals surface area contributed by atoms with Gasteiger partial charge in [-0.15, -0.1) is 11.8 Å². The fourth-order valence-electron chi connectivity index (χ4n) is 2.90. The van der Waals surface area contributed by atoms with Crippen molar-refractivity contribution >= 4 is 23.6 Å². The number of carboxylic acid groups (broad SMARTS) is 1. The second-order valence-corrected chi connectivity index (χ2v) is 7.27. The molecule has 4 nitrogen and oxygen atoms in total. The van der Waals surface area contributed by atoms with Gasteiger partial charge in [-0.25, -0.2) is 8.78 Å². The molecule has 26 heavy (non-hydrogen) atoms. The summed E-state index contributed by atoms with van der Waals surface area (Å²) in [7, 11) is 0. The SMILES string of the molecule is O=C(O)C1CCN(C(=O)C(Sc2ccc(F)c(F)c2)c2ccccc2)C1. The van der Waals surface area contributed by atoms with Crippen LogP contribution in [0.1, 0.15) is 17.2 Å². The molecule has 136 valence electrons. The Hall–Kier alpha value is -2.41. The minimum absolute atomic E-state index is 0.163. The molecule has 0 radical (unpaired) electrons. The summed E-state index contributed by atoms with van der Waals surface area (Å²) in [5.41, 5.74) is 0.728. The summed E-state index contributed by atoms with van der Waals surface area (Å²) in [6, 6.07) is 12.5. The molecule has 1 heterocycles. The van der Waals surface area contributed by atoms with Crippen molar-refractivity contribution in [2.45, 2.75) is 16.6 Å². The minimum Gasteiger partial charge on any atom is -0.481 e. The number of carbonyl (C=O) groups excluding carboxylic acids is 1. The highest BCUT2D eigenvalue weighted by molar-refractivity contribution is 8.00. The molecule has 2 aromatic rings. The third-order valence-corrected chi connectivity index (χ3v) is 5.56. The molecule has 0 bridgehead atoms. The van der Waals surface area contributed by atoms with Crippen LogP contribution in [0.15, 0.2) is 53.4 Å². The van der Waals surface area contributed by atoms with Crippen molar-refractivity contribution in [3.05, 3.63) is 65.7 Å². The lowest BCUT2D eigenvalue weighted by Crippen LogP contribution is -2.33. The Bertz CT molecular complexity index is 816. The van der Waals surface area contributed by atoms with E-state index in [1.807, 2.05) is 6.07 Å². The molecule has 3 rings (SSSR count). The van der Waals surface area contributed by atoms with E-state index in [0.29, 0.717) is 17.9 Å². The van der Waals surface area contributed by atoms with Gasteiger partial charge in [-0.1, -0.05) is 30.3 Å². The largest absolute Gasteiger partial charge is 0.481 e. The lowest BCUT2D eigenvalue weighted by atomic mass is 10.1. The Kier molecular flexibility index (Phi) is 5.56. The van der Waals surface area contributed by atoms with Crippen molar-refractivity contribution in [3.63, 3.8) is 0 Å². The summed E-state index contributed by atoms with van der Waals surface area (Å²) in [6.07, 6.45) is 0.415. The second-order valence-electron chi connectivity index (χ2n) is 6.09. The fourth-order valence-corrected chi connectivity index (χ4v) is 4.04. The number of halogens is 2. The average molecular weight is 377 g/mol. The van der Waals surface area contributed by atoms with Gasteiger partial charge in [-0.05, 0) is 30.2 Å². The lowest BCUT2D eigenvalue weighted by Gasteiger charge is -2.23. The van der Waals surface area contributed by atoms with Crippen LogP contribution in [0.5, 0.6) is 0 Å². The van der Waals surface area contributed by atoms with Crippen LogP contribution in [0.4, 0.5) is 8.78 Å². The fraction of sp³-hybridized carbons (Fsp3) is 0.263. The number of carboxylic acids is 1. The number of carbonyl (C=O) groups is 2. The van der Waals surface area contributed by atoms with Crippen LogP contribution in [0, 0.1) is 17.6 Å². The molecule has 1 aliphatic rings. The summed E-state index contributed by atoms with van der Waals surface area (Å²) >= 11 is 1.12. The van der Waals surface area contributed by atoms with Crippen LogP contribution in [0.2, 0.25) is 0 Å². The van der Waals surface area contributed by atoms with E-state index in [4.69, 9.17) is 5.11 Å². The first-order valence-electron chi connectivity index (χ1n) is 8.14. The van der Waals surface area contributed by atoms with E-state index in [1.54, 1.807) is 24.3 Å². The van der Waals surface area contributed by atoms with Gasteiger partial charge in [-0.3, -0.25) is 9.59 Å². The van der Waals surface area contributed by atoms with Crippen molar-refractivity contribution in [1.82, 2.24) is 4.90 Å². The van der Waals surface area contributed by atoms with Crippen molar-refractivity contribution in [3.8, 4) is 0 Å². The monoisotopic (exact) mass is 377 g/mol.